The van der Waals surface area contributed by atoms with Crippen molar-refractivity contribution in [2.45, 2.75) is 63.6 Å². The van der Waals surface area contributed by atoms with Gasteiger partial charge < -0.3 is 10.2 Å². The fourth-order valence-electron chi connectivity index (χ4n) is 3.06. The Morgan fingerprint density at radius 1 is 1.03 bits per heavy atom. The molecule has 1 N–H and O–H groups in total. The Morgan fingerprint density at radius 3 is 2.30 bits per heavy atom. The van der Waals surface area contributed by atoms with Gasteiger partial charge in [0.2, 0.25) is 11.8 Å². The van der Waals surface area contributed by atoms with Crippen molar-refractivity contribution in [3.63, 3.8) is 0 Å². The monoisotopic (exact) mass is 446 g/mol. The second-order valence-electron chi connectivity index (χ2n) is 7.30. The Bertz CT molecular complexity index is 799. The summed E-state index contributed by atoms with van der Waals surface area (Å²) in [6.45, 7) is 6.34. The van der Waals surface area contributed by atoms with E-state index in [4.69, 9.17) is 11.6 Å². The van der Waals surface area contributed by atoms with Crippen LogP contribution in [0.2, 0.25) is 5.02 Å². The van der Waals surface area contributed by atoms with Crippen LogP contribution < -0.4 is 5.32 Å². The van der Waals surface area contributed by atoms with Crippen LogP contribution in [0.1, 0.15) is 45.6 Å². The number of amides is 2. The minimum Gasteiger partial charge on any atom is -0.352 e. The number of rotatable bonds is 11. The van der Waals surface area contributed by atoms with Crippen LogP contribution in [-0.2, 0) is 16.1 Å². The van der Waals surface area contributed by atoms with Gasteiger partial charge in [-0.05, 0) is 49.6 Å². The van der Waals surface area contributed by atoms with Crippen LogP contribution in [0, 0.1) is 0 Å². The van der Waals surface area contributed by atoms with Crippen molar-refractivity contribution in [3.05, 3.63) is 65.2 Å². The van der Waals surface area contributed by atoms with E-state index in [0.717, 1.165) is 16.9 Å². The van der Waals surface area contributed by atoms with Gasteiger partial charge in [-0.25, -0.2) is 0 Å². The van der Waals surface area contributed by atoms with Gasteiger partial charge >= 0.3 is 0 Å². The molecule has 0 heterocycles. The first-order valence-electron chi connectivity index (χ1n) is 10.5. The number of nitrogens with one attached hydrogen (secondary N) is 1. The maximum absolute atomic E-state index is 13.2. The third-order valence-electron chi connectivity index (χ3n) is 4.98. The first-order chi connectivity index (χ1) is 14.4. The van der Waals surface area contributed by atoms with Gasteiger partial charge in [-0.3, -0.25) is 9.59 Å². The van der Waals surface area contributed by atoms with Gasteiger partial charge in [-0.2, -0.15) is 0 Å². The standard InChI is InChI=1S/C24H31ClN2O2S/c1-4-18(3)26-24(29)22(5-2)27(17-19-11-13-20(25)14-12-19)23(28)15-16-30-21-9-7-6-8-10-21/h6-14,18,22H,4-5,15-17H2,1-3H3,(H,26,29). The van der Waals surface area contributed by atoms with E-state index < -0.39 is 6.04 Å². The molecular weight excluding hydrogens is 416 g/mol. The summed E-state index contributed by atoms with van der Waals surface area (Å²) in [5.74, 6) is 0.563. The largest absolute Gasteiger partial charge is 0.352 e. The number of carbonyl (C=O) groups excluding carboxylic acids is 2. The summed E-state index contributed by atoms with van der Waals surface area (Å²) in [5, 5.41) is 3.68. The van der Waals surface area contributed by atoms with Gasteiger partial charge in [0.05, 0.1) is 0 Å². The number of benzene rings is 2. The molecule has 6 heteroatoms. The zero-order valence-electron chi connectivity index (χ0n) is 17.9. The van der Waals surface area contributed by atoms with Crippen molar-refractivity contribution in [3.8, 4) is 0 Å². The van der Waals surface area contributed by atoms with Gasteiger partial charge in [-0.1, -0.05) is 55.8 Å². The lowest BCUT2D eigenvalue weighted by Crippen LogP contribution is -2.50. The SMILES string of the molecule is CCC(C)NC(=O)C(CC)N(Cc1ccc(Cl)cc1)C(=O)CCSc1ccccc1. The Morgan fingerprint density at radius 2 is 1.70 bits per heavy atom. The number of carbonyl (C=O) groups is 2. The van der Waals surface area contributed by atoms with Gasteiger partial charge in [0, 0.05) is 34.7 Å². The second-order valence-corrected chi connectivity index (χ2v) is 8.91. The highest BCUT2D eigenvalue weighted by molar-refractivity contribution is 7.99. The zero-order chi connectivity index (χ0) is 21.9. The van der Waals surface area contributed by atoms with Crippen LogP contribution in [-0.4, -0.2) is 34.6 Å². The summed E-state index contributed by atoms with van der Waals surface area (Å²) in [6, 6.07) is 17.0. The molecule has 2 aromatic rings. The molecule has 0 aromatic heterocycles. The van der Waals surface area contributed by atoms with E-state index in [2.05, 4.69) is 5.32 Å². The van der Waals surface area contributed by atoms with E-state index in [9.17, 15) is 9.59 Å². The molecule has 0 saturated carbocycles. The van der Waals surface area contributed by atoms with Gasteiger partial charge in [-0.15, -0.1) is 11.8 Å². The first-order valence-corrected chi connectivity index (χ1v) is 11.8. The molecule has 0 aliphatic carbocycles. The average molecular weight is 447 g/mol. The number of hydrogen-bond acceptors (Lipinski definition) is 3. The molecule has 0 bridgehead atoms. The highest BCUT2D eigenvalue weighted by Crippen LogP contribution is 2.20. The number of halogens is 1. The quantitative estimate of drug-likeness (QED) is 0.460. The van der Waals surface area contributed by atoms with E-state index in [-0.39, 0.29) is 17.9 Å². The summed E-state index contributed by atoms with van der Waals surface area (Å²) >= 11 is 7.65. The minimum absolute atomic E-state index is 0.0143. The number of nitrogens with zero attached hydrogens (tertiary/aromatic N) is 1. The van der Waals surface area contributed by atoms with Gasteiger partial charge in [0.1, 0.15) is 6.04 Å². The second kappa shape index (κ2) is 12.7. The Kier molecular flexibility index (Phi) is 10.2. The van der Waals surface area contributed by atoms with Crippen molar-refractivity contribution < 1.29 is 9.59 Å². The molecule has 0 aliphatic heterocycles. The third kappa shape index (κ3) is 7.69. The van der Waals surface area contributed by atoms with Crippen LogP contribution in [0.4, 0.5) is 0 Å². The molecule has 162 valence electrons. The Hall–Kier alpha value is -1.98. The predicted molar refractivity (Wildman–Crippen MR) is 126 cm³/mol. The molecule has 2 unspecified atom stereocenters. The third-order valence-corrected chi connectivity index (χ3v) is 6.25. The van der Waals surface area contributed by atoms with E-state index in [1.807, 2.05) is 75.4 Å². The molecule has 2 amide bonds. The molecule has 0 spiro atoms. The molecule has 0 fully saturated rings. The Labute approximate surface area is 189 Å². The number of thioether (sulfide) groups is 1. The van der Waals surface area contributed by atoms with Crippen molar-refractivity contribution >= 4 is 35.2 Å². The summed E-state index contributed by atoms with van der Waals surface area (Å²) < 4.78 is 0. The molecule has 2 rings (SSSR count). The summed E-state index contributed by atoms with van der Waals surface area (Å²) in [6.07, 6.45) is 1.79. The average Bonchev–Trinajstić information content (AvgIpc) is 2.75. The fraction of sp³-hybridized carbons (Fsp3) is 0.417. The lowest BCUT2D eigenvalue weighted by molar-refractivity contribution is -0.141. The summed E-state index contributed by atoms with van der Waals surface area (Å²) in [4.78, 5) is 28.9. The molecule has 0 saturated heterocycles. The van der Waals surface area contributed by atoms with Crippen molar-refractivity contribution in [2.75, 3.05) is 5.75 Å². The first kappa shape index (κ1) is 24.3. The fourth-order valence-corrected chi connectivity index (χ4v) is 4.05. The lowest BCUT2D eigenvalue weighted by Gasteiger charge is -2.31. The van der Waals surface area contributed by atoms with E-state index in [1.165, 1.54) is 0 Å². The number of hydrogen-bond donors (Lipinski definition) is 1. The maximum Gasteiger partial charge on any atom is 0.243 e. The van der Waals surface area contributed by atoms with Crippen molar-refractivity contribution in [1.82, 2.24) is 10.2 Å². The van der Waals surface area contributed by atoms with E-state index >= 15 is 0 Å². The van der Waals surface area contributed by atoms with Crippen molar-refractivity contribution in [1.29, 1.82) is 0 Å². The van der Waals surface area contributed by atoms with Crippen molar-refractivity contribution in [2.24, 2.45) is 0 Å². The molecule has 0 radical (unpaired) electrons. The van der Waals surface area contributed by atoms with Gasteiger partial charge in [0.15, 0.2) is 0 Å². The maximum atomic E-state index is 13.2. The zero-order valence-corrected chi connectivity index (χ0v) is 19.5. The van der Waals surface area contributed by atoms with Crippen LogP contribution in [0.3, 0.4) is 0 Å². The predicted octanol–water partition coefficient (Wildman–Crippen LogP) is 5.54. The van der Waals surface area contributed by atoms with Crippen LogP contribution in [0.15, 0.2) is 59.5 Å². The molecule has 30 heavy (non-hydrogen) atoms. The normalized spacial score (nSPS) is 12.8. The lowest BCUT2D eigenvalue weighted by atomic mass is 10.1. The Balaban J connectivity index is 2.12. The van der Waals surface area contributed by atoms with Crippen LogP contribution in [0.25, 0.3) is 0 Å². The van der Waals surface area contributed by atoms with Crippen LogP contribution >= 0.6 is 23.4 Å². The van der Waals surface area contributed by atoms with E-state index in [1.54, 1.807) is 16.7 Å². The summed E-state index contributed by atoms with van der Waals surface area (Å²) in [7, 11) is 0. The highest BCUT2D eigenvalue weighted by atomic mass is 35.5. The van der Waals surface area contributed by atoms with Crippen LogP contribution in [0.5, 0.6) is 0 Å². The molecule has 2 aromatic carbocycles. The smallest absolute Gasteiger partial charge is 0.243 e. The molecule has 4 nitrogen and oxygen atoms in total. The molecular formula is C24H31ClN2O2S. The molecule has 0 aliphatic rings. The summed E-state index contributed by atoms with van der Waals surface area (Å²) in [5.41, 5.74) is 0.957. The topological polar surface area (TPSA) is 49.4 Å². The van der Waals surface area contributed by atoms with E-state index in [0.29, 0.717) is 30.2 Å². The van der Waals surface area contributed by atoms with Gasteiger partial charge in [0.25, 0.3) is 0 Å². The highest BCUT2D eigenvalue weighted by Gasteiger charge is 2.28. The molecule has 2 atom stereocenters. The minimum atomic E-state index is -0.496.